The maximum Gasteiger partial charge on any atom is 0.352 e. The number of nitrogens with two attached hydrogens (primary N) is 1. The van der Waals surface area contributed by atoms with Crippen molar-refractivity contribution in [3.63, 3.8) is 0 Å². The molecule has 0 aliphatic rings. The van der Waals surface area contributed by atoms with Gasteiger partial charge in [-0.3, -0.25) is 4.79 Å². The van der Waals surface area contributed by atoms with Crippen LogP contribution in [-0.4, -0.2) is 22.0 Å². The van der Waals surface area contributed by atoms with Gasteiger partial charge in [-0.25, -0.2) is 4.79 Å². The van der Waals surface area contributed by atoms with Gasteiger partial charge in [0.25, 0.3) is 0 Å². The highest BCUT2D eigenvalue weighted by Gasteiger charge is 2.06. The molecule has 0 unspecified atom stereocenters. The molecule has 0 aromatic carbocycles. The lowest BCUT2D eigenvalue weighted by atomic mass is 10.3. The fourth-order valence-corrected chi connectivity index (χ4v) is 0.856. The number of primary amides is 1. The molecule has 1 aromatic heterocycles. The molecule has 4 N–H and O–H groups in total. The van der Waals surface area contributed by atoms with E-state index in [2.05, 4.69) is 4.98 Å². The third-order valence-electron chi connectivity index (χ3n) is 1.34. The third-order valence-corrected chi connectivity index (χ3v) is 1.34. The number of aromatic carboxylic acids is 1. The molecule has 0 saturated heterocycles. The Morgan fingerprint density at radius 3 is 2.58 bits per heavy atom. The van der Waals surface area contributed by atoms with Gasteiger partial charge in [0.2, 0.25) is 5.91 Å². The number of carboxylic acids is 1. The summed E-state index contributed by atoms with van der Waals surface area (Å²) < 4.78 is 0. The maximum atomic E-state index is 10.4. The van der Waals surface area contributed by atoms with Crippen molar-refractivity contribution in [2.75, 3.05) is 0 Å². The average Bonchev–Trinajstić information content (AvgIpc) is 2.34. The second-order valence-corrected chi connectivity index (χ2v) is 2.35. The van der Waals surface area contributed by atoms with E-state index in [0.29, 0.717) is 5.69 Å². The summed E-state index contributed by atoms with van der Waals surface area (Å²) in [6.45, 7) is 0. The summed E-state index contributed by atoms with van der Waals surface area (Å²) in [5.74, 6) is -1.54. The molecule has 12 heavy (non-hydrogen) atoms. The summed E-state index contributed by atoms with van der Waals surface area (Å²) in [7, 11) is 0. The molecule has 0 aliphatic heterocycles. The standard InChI is InChI=1S/C7H8N2O3/c8-6(10)3-4-1-2-5(9-4)7(11)12/h1-2,9H,3H2,(H2,8,10)(H,11,12). The molecule has 5 nitrogen and oxygen atoms in total. The highest BCUT2D eigenvalue weighted by Crippen LogP contribution is 2.01. The summed E-state index contributed by atoms with van der Waals surface area (Å²) in [5.41, 5.74) is 5.48. The fourth-order valence-electron chi connectivity index (χ4n) is 0.856. The van der Waals surface area contributed by atoms with E-state index in [1.54, 1.807) is 0 Å². The van der Waals surface area contributed by atoms with E-state index >= 15 is 0 Å². The smallest absolute Gasteiger partial charge is 0.352 e. The molecule has 1 amide bonds. The van der Waals surface area contributed by atoms with E-state index in [4.69, 9.17) is 10.8 Å². The first kappa shape index (κ1) is 8.32. The predicted octanol–water partition coefficient (Wildman–Crippen LogP) is -0.259. The Morgan fingerprint density at radius 1 is 1.50 bits per heavy atom. The van der Waals surface area contributed by atoms with Gasteiger partial charge >= 0.3 is 5.97 Å². The Morgan fingerprint density at radius 2 is 2.17 bits per heavy atom. The van der Waals surface area contributed by atoms with Crippen LogP contribution in [0.5, 0.6) is 0 Å². The lowest BCUT2D eigenvalue weighted by molar-refractivity contribution is -0.117. The van der Waals surface area contributed by atoms with Crippen LogP contribution in [-0.2, 0) is 11.2 Å². The minimum atomic E-state index is -1.05. The SMILES string of the molecule is NC(=O)Cc1ccc(C(=O)O)[nH]1. The van der Waals surface area contributed by atoms with E-state index in [9.17, 15) is 9.59 Å². The molecule has 0 radical (unpaired) electrons. The molecular weight excluding hydrogens is 160 g/mol. The number of carbonyl (C=O) groups excluding carboxylic acids is 1. The lowest BCUT2D eigenvalue weighted by Crippen LogP contribution is -2.14. The lowest BCUT2D eigenvalue weighted by Gasteiger charge is -1.90. The fraction of sp³-hybridized carbons (Fsp3) is 0.143. The van der Waals surface area contributed by atoms with Crippen molar-refractivity contribution in [3.05, 3.63) is 23.5 Å². The first-order valence-electron chi connectivity index (χ1n) is 3.29. The number of aromatic amines is 1. The van der Waals surface area contributed by atoms with Gasteiger partial charge in [0, 0.05) is 5.69 Å². The van der Waals surface area contributed by atoms with Crippen LogP contribution in [0.25, 0.3) is 0 Å². The zero-order valence-electron chi connectivity index (χ0n) is 6.20. The zero-order chi connectivity index (χ0) is 9.14. The van der Waals surface area contributed by atoms with Crippen LogP contribution in [0.4, 0.5) is 0 Å². The Labute approximate surface area is 68.2 Å². The molecule has 0 aliphatic carbocycles. The Kier molecular flexibility index (Phi) is 2.14. The van der Waals surface area contributed by atoms with Crippen LogP contribution in [0.3, 0.4) is 0 Å². The van der Waals surface area contributed by atoms with E-state index in [1.807, 2.05) is 0 Å². The van der Waals surface area contributed by atoms with Crippen LogP contribution >= 0.6 is 0 Å². The Bertz CT molecular complexity index is 316. The minimum absolute atomic E-state index is 0.0350. The monoisotopic (exact) mass is 168 g/mol. The van der Waals surface area contributed by atoms with E-state index < -0.39 is 11.9 Å². The van der Waals surface area contributed by atoms with Crippen molar-refractivity contribution in [1.29, 1.82) is 0 Å². The summed E-state index contributed by atoms with van der Waals surface area (Å²) >= 11 is 0. The van der Waals surface area contributed by atoms with Crippen LogP contribution in [0.1, 0.15) is 16.2 Å². The molecule has 0 bridgehead atoms. The highest BCUT2D eigenvalue weighted by molar-refractivity contribution is 5.86. The molecule has 0 saturated carbocycles. The first-order chi connectivity index (χ1) is 5.59. The maximum absolute atomic E-state index is 10.4. The number of hydrogen-bond acceptors (Lipinski definition) is 2. The third kappa shape index (κ3) is 1.85. The minimum Gasteiger partial charge on any atom is -0.477 e. The largest absolute Gasteiger partial charge is 0.477 e. The quantitative estimate of drug-likeness (QED) is 0.580. The van der Waals surface area contributed by atoms with Crippen molar-refractivity contribution >= 4 is 11.9 Å². The van der Waals surface area contributed by atoms with Gasteiger partial charge in [-0.1, -0.05) is 0 Å². The number of hydrogen-bond donors (Lipinski definition) is 3. The molecule has 1 heterocycles. The van der Waals surface area contributed by atoms with E-state index in [0.717, 1.165) is 0 Å². The predicted molar refractivity (Wildman–Crippen MR) is 40.7 cm³/mol. The zero-order valence-corrected chi connectivity index (χ0v) is 6.20. The molecular formula is C7H8N2O3. The van der Waals surface area contributed by atoms with Gasteiger partial charge < -0.3 is 15.8 Å². The average molecular weight is 168 g/mol. The van der Waals surface area contributed by atoms with Gasteiger partial charge in [0.1, 0.15) is 5.69 Å². The van der Waals surface area contributed by atoms with Crippen molar-refractivity contribution in [2.24, 2.45) is 5.73 Å². The second-order valence-electron chi connectivity index (χ2n) is 2.35. The molecule has 5 heteroatoms. The van der Waals surface area contributed by atoms with E-state index in [-0.39, 0.29) is 12.1 Å². The van der Waals surface area contributed by atoms with Gasteiger partial charge in [-0.05, 0) is 12.1 Å². The molecule has 1 aromatic rings. The van der Waals surface area contributed by atoms with Crippen LogP contribution in [0.2, 0.25) is 0 Å². The van der Waals surface area contributed by atoms with Crippen molar-refractivity contribution in [2.45, 2.75) is 6.42 Å². The van der Waals surface area contributed by atoms with Crippen molar-refractivity contribution in [3.8, 4) is 0 Å². The molecule has 0 atom stereocenters. The molecule has 0 spiro atoms. The van der Waals surface area contributed by atoms with Crippen molar-refractivity contribution in [1.82, 2.24) is 4.98 Å². The van der Waals surface area contributed by atoms with Gasteiger partial charge in [0.15, 0.2) is 0 Å². The Balaban J connectivity index is 2.77. The number of amides is 1. The van der Waals surface area contributed by atoms with Gasteiger partial charge in [-0.2, -0.15) is 0 Å². The number of carbonyl (C=O) groups is 2. The Hall–Kier alpha value is -1.78. The summed E-state index contributed by atoms with van der Waals surface area (Å²) in [4.78, 5) is 23.3. The van der Waals surface area contributed by atoms with Crippen LogP contribution in [0, 0.1) is 0 Å². The number of aromatic nitrogens is 1. The number of carboxylic acid groups (broad SMARTS) is 1. The summed E-state index contributed by atoms with van der Waals surface area (Å²) in [6.07, 6.45) is 0.0350. The van der Waals surface area contributed by atoms with Crippen LogP contribution in [0.15, 0.2) is 12.1 Å². The normalized spacial score (nSPS) is 9.67. The highest BCUT2D eigenvalue weighted by atomic mass is 16.4. The van der Waals surface area contributed by atoms with E-state index in [1.165, 1.54) is 12.1 Å². The van der Waals surface area contributed by atoms with Gasteiger partial charge in [0.05, 0.1) is 6.42 Å². The topological polar surface area (TPSA) is 96.2 Å². The second kappa shape index (κ2) is 3.08. The summed E-state index contributed by atoms with van der Waals surface area (Å²) in [5, 5.41) is 8.48. The molecule has 0 fully saturated rings. The molecule has 1 rings (SSSR count). The molecule has 64 valence electrons. The van der Waals surface area contributed by atoms with Crippen molar-refractivity contribution < 1.29 is 14.7 Å². The van der Waals surface area contributed by atoms with Crippen LogP contribution < -0.4 is 5.73 Å². The number of nitrogens with one attached hydrogen (secondary N) is 1. The number of rotatable bonds is 3. The summed E-state index contributed by atoms with van der Waals surface area (Å²) in [6, 6.07) is 2.91. The first-order valence-corrected chi connectivity index (χ1v) is 3.29. The van der Waals surface area contributed by atoms with Gasteiger partial charge in [-0.15, -0.1) is 0 Å². The number of H-pyrrole nitrogens is 1.